The second-order valence-corrected chi connectivity index (χ2v) is 14.8. The molecule has 2 saturated heterocycles. The van der Waals surface area contributed by atoms with Crippen LogP contribution < -0.4 is 27.4 Å². The summed E-state index contributed by atoms with van der Waals surface area (Å²) in [6.07, 6.45) is 4.25. The SMILES string of the molecule is CC(=O)N1CC2(CCN(C(=O)[C@@H](CCCCN)NC(=O)C(CC(C)C)NC(=O)[C@@H](Cc3ccccc3)NC(=O)[C@H](N)Cc3ccccc3)CC2)C1. The fourth-order valence-electron chi connectivity index (χ4n) is 7.02. The van der Waals surface area contributed by atoms with Crippen LogP contribution in [0.3, 0.4) is 0 Å². The second kappa shape index (κ2) is 18.8. The molecule has 2 aliphatic rings. The first-order valence-corrected chi connectivity index (χ1v) is 18.4. The molecule has 2 aromatic rings. The molecular formula is C39H57N7O5. The summed E-state index contributed by atoms with van der Waals surface area (Å²) in [7, 11) is 0. The van der Waals surface area contributed by atoms with Gasteiger partial charge in [0.05, 0.1) is 6.04 Å². The largest absolute Gasteiger partial charge is 0.343 e. The Hall–Kier alpha value is -4.29. The Morgan fingerprint density at radius 2 is 1.25 bits per heavy atom. The number of carbonyl (C=O) groups is 5. The van der Waals surface area contributed by atoms with Crippen LogP contribution in [0, 0.1) is 11.3 Å². The molecule has 0 bridgehead atoms. The number of hydrogen-bond acceptors (Lipinski definition) is 7. The lowest BCUT2D eigenvalue weighted by molar-refractivity contribution is -0.149. The van der Waals surface area contributed by atoms with Gasteiger partial charge in [0.25, 0.3) is 0 Å². The number of likely N-dealkylation sites (tertiary alicyclic amines) is 2. The standard InChI is InChI=1S/C39H57N7O5/c1-27(2)22-33(36(49)42-32(16-10-11-19-40)38(51)45-20-17-39(18-21-45)25-46(26-39)28(3)47)44-37(50)34(24-30-14-8-5-9-15-30)43-35(48)31(41)23-29-12-6-4-7-13-29/h4-9,12-15,27,31-34H,10-11,16-26,40-41H2,1-3H3,(H,42,49)(H,43,48)(H,44,50)/t31-,32-,33?,34-/m1/s1. The van der Waals surface area contributed by atoms with Gasteiger partial charge >= 0.3 is 0 Å². The highest BCUT2D eigenvalue weighted by Crippen LogP contribution is 2.40. The molecule has 7 N–H and O–H groups in total. The number of nitrogens with zero attached hydrogens (tertiary/aromatic N) is 2. The minimum absolute atomic E-state index is 0.0456. The average molecular weight is 704 g/mol. The minimum atomic E-state index is -0.989. The van der Waals surface area contributed by atoms with Crippen molar-refractivity contribution in [3.63, 3.8) is 0 Å². The first kappa shape index (κ1) is 39.5. The molecule has 278 valence electrons. The average Bonchev–Trinajstić information content (AvgIpc) is 3.09. The maximum absolute atomic E-state index is 14.0. The second-order valence-electron chi connectivity index (χ2n) is 14.8. The third-order valence-corrected chi connectivity index (χ3v) is 10.1. The lowest BCUT2D eigenvalue weighted by Crippen LogP contribution is -2.63. The quantitative estimate of drug-likeness (QED) is 0.156. The van der Waals surface area contributed by atoms with Crippen molar-refractivity contribution in [2.45, 2.75) is 96.3 Å². The molecule has 1 unspecified atom stereocenters. The monoisotopic (exact) mass is 703 g/mol. The van der Waals surface area contributed by atoms with Crippen molar-refractivity contribution in [1.82, 2.24) is 25.8 Å². The summed E-state index contributed by atoms with van der Waals surface area (Å²) < 4.78 is 0. The molecule has 4 rings (SSSR count). The lowest BCUT2D eigenvalue weighted by atomic mass is 9.72. The number of hydrogen-bond donors (Lipinski definition) is 5. The highest BCUT2D eigenvalue weighted by molar-refractivity contribution is 5.95. The van der Waals surface area contributed by atoms with Crippen molar-refractivity contribution in [1.29, 1.82) is 0 Å². The van der Waals surface area contributed by atoms with Crippen LogP contribution in [0.25, 0.3) is 0 Å². The van der Waals surface area contributed by atoms with Gasteiger partial charge in [0.1, 0.15) is 18.1 Å². The van der Waals surface area contributed by atoms with Gasteiger partial charge in [-0.2, -0.15) is 0 Å². The maximum atomic E-state index is 14.0. The van der Waals surface area contributed by atoms with Crippen LogP contribution in [0.2, 0.25) is 0 Å². The summed E-state index contributed by atoms with van der Waals surface area (Å²) in [6.45, 7) is 8.55. The van der Waals surface area contributed by atoms with E-state index in [1.807, 2.05) is 84.3 Å². The number of nitrogens with two attached hydrogens (primary N) is 2. The number of unbranched alkanes of at least 4 members (excludes halogenated alkanes) is 1. The van der Waals surface area contributed by atoms with Crippen LogP contribution in [-0.2, 0) is 36.8 Å². The van der Waals surface area contributed by atoms with Gasteiger partial charge < -0.3 is 37.2 Å². The molecule has 2 aromatic carbocycles. The van der Waals surface area contributed by atoms with E-state index in [1.54, 1.807) is 6.92 Å². The zero-order chi connectivity index (χ0) is 37.0. The van der Waals surface area contributed by atoms with Crippen molar-refractivity contribution in [2.75, 3.05) is 32.7 Å². The Kier molecular flexibility index (Phi) is 14.6. The highest BCUT2D eigenvalue weighted by Gasteiger charge is 2.47. The van der Waals surface area contributed by atoms with Crippen molar-refractivity contribution < 1.29 is 24.0 Å². The molecular weight excluding hydrogens is 646 g/mol. The van der Waals surface area contributed by atoms with Crippen molar-refractivity contribution >= 4 is 29.5 Å². The van der Waals surface area contributed by atoms with Crippen molar-refractivity contribution in [3.8, 4) is 0 Å². The number of amides is 5. The van der Waals surface area contributed by atoms with Crippen LogP contribution in [0.4, 0.5) is 0 Å². The van der Waals surface area contributed by atoms with Gasteiger partial charge in [-0.1, -0.05) is 74.5 Å². The van der Waals surface area contributed by atoms with Crippen LogP contribution in [-0.4, -0.2) is 96.2 Å². The van der Waals surface area contributed by atoms with Gasteiger partial charge in [0.15, 0.2) is 0 Å². The maximum Gasteiger partial charge on any atom is 0.245 e. The first-order chi connectivity index (χ1) is 24.4. The lowest BCUT2D eigenvalue weighted by Gasteiger charge is -2.54. The molecule has 0 saturated carbocycles. The predicted molar refractivity (Wildman–Crippen MR) is 197 cm³/mol. The van der Waals surface area contributed by atoms with Crippen LogP contribution in [0.1, 0.15) is 70.4 Å². The van der Waals surface area contributed by atoms with Gasteiger partial charge in [0.2, 0.25) is 29.5 Å². The Morgan fingerprint density at radius 3 is 1.80 bits per heavy atom. The fraction of sp³-hybridized carbons (Fsp3) is 0.564. The molecule has 5 amide bonds. The van der Waals surface area contributed by atoms with E-state index in [9.17, 15) is 24.0 Å². The Labute approximate surface area is 302 Å². The van der Waals surface area contributed by atoms with Gasteiger partial charge in [-0.05, 0) is 68.5 Å². The molecule has 0 radical (unpaired) electrons. The van der Waals surface area contributed by atoms with Gasteiger partial charge in [0, 0.05) is 44.9 Å². The predicted octanol–water partition coefficient (Wildman–Crippen LogP) is 1.90. The normalized spacial score (nSPS) is 17.5. The van der Waals surface area contributed by atoms with Gasteiger partial charge in [-0.3, -0.25) is 24.0 Å². The summed E-state index contributed by atoms with van der Waals surface area (Å²) in [6, 6.07) is 15.2. The third kappa shape index (κ3) is 11.6. The molecule has 0 aromatic heterocycles. The summed E-state index contributed by atoms with van der Waals surface area (Å²) in [5, 5.41) is 8.73. The molecule has 12 heteroatoms. The summed E-state index contributed by atoms with van der Waals surface area (Å²) in [5.74, 6) is -1.45. The summed E-state index contributed by atoms with van der Waals surface area (Å²) >= 11 is 0. The molecule has 1 spiro atoms. The molecule has 51 heavy (non-hydrogen) atoms. The van der Waals surface area contributed by atoms with Crippen LogP contribution in [0.5, 0.6) is 0 Å². The van der Waals surface area contributed by atoms with Crippen molar-refractivity contribution in [2.24, 2.45) is 22.8 Å². The molecule has 2 heterocycles. The first-order valence-electron chi connectivity index (χ1n) is 18.4. The molecule has 0 aliphatic carbocycles. The Balaban J connectivity index is 1.44. The van der Waals surface area contributed by atoms with Crippen LogP contribution >= 0.6 is 0 Å². The van der Waals surface area contributed by atoms with E-state index in [0.717, 1.165) is 37.1 Å². The highest BCUT2D eigenvalue weighted by atomic mass is 16.2. The van der Waals surface area contributed by atoms with E-state index in [4.69, 9.17) is 11.5 Å². The zero-order valence-electron chi connectivity index (χ0n) is 30.4. The summed E-state index contributed by atoms with van der Waals surface area (Å²) in [4.78, 5) is 70.5. The number of carbonyl (C=O) groups excluding carboxylic acids is 5. The number of benzene rings is 2. The molecule has 2 aliphatic heterocycles. The fourth-order valence-corrected chi connectivity index (χ4v) is 7.02. The van der Waals surface area contributed by atoms with E-state index in [1.165, 1.54) is 0 Å². The van der Waals surface area contributed by atoms with Gasteiger partial charge in [-0.15, -0.1) is 0 Å². The molecule has 4 atom stereocenters. The van der Waals surface area contributed by atoms with Crippen LogP contribution in [0.15, 0.2) is 60.7 Å². The van der Waals surface area contributed by atoms with E-state index < -0.39 is 41.9 Å². The number of piperidine rings is 1. The Morgan fingerprint density at radius 1 is 0.725 bits per heavy atom. The van der Waals surface area contributed by atoms with E-state index in [0.29, 0.717) is 51.7 Å². The Bertz CT molecular complexity index is 1450. The molecule has 2 fully saturated rings. The van der Waals surface area contributed by atoms with Gasteiger partial charge in [-0.25, -0.2) is 0 Å². The summed E-state index contributed by atoms with van der Waals surface area (Å²) in [5.41, 5.74) is 13.8. The van der Waals surface area contributed by atoms with E-state index in [-0.39, 0.29) is 29.6 Å². The van der Waals surface area contributed by atoms with E-state index in [2.05, 4.69) is 16.0 Å². The number of rotatable bonds is 17. The minimum Gasteiger partial charge on any atom is -0.343 e. The smallest absolute Gasteiger partial charge is 0.245 e. The number of nitrogens with one attached hydrogen (secondary N) is 3. The topological polar surface area (TPSA) is 180 Å². The van der Waals surface area contributed by atoms with Crippen molar-refractivity contribution in [3.05, 3.63) is 71.8 Å². The zero-order valence-corrected chi connectivity index (χ0v) is 30.4. The third-order valence-electron chi connectivity index (χ3n) is 10.1. The van der Waals surface area contributed by atoms with E-state index >= 15 is 0 Å². The molecule has 12 nitrogen and oxygen atoms in total.